The van der Waals surface area contributed by atoms with Crippen LogP contribution in [0.5, 0.6) is 0 Å². The molecule has 2 N–H and O–H groups in total. The summed E-state index contributed by atoms with van der Waals surface area (Å²) in [7, 11) is 0. The Kier molecular flexibility index (Phi) is 4.55. The lowest BCUT2D eigenvalue weighted by Gasteiger charge is -2.15. The Morgan fingerprint density at radius 2 is 1.91 bits per heavy atom. The van der Waals surface area contributed by atoms with E-state index in [1.807, 2.05) is 0 Å². The van der Waals surface area contributed by atoms with Crippen LogP contribution < -0.4 is 10.9 Å². The number of amides is 1. The van der Waals surface area contributed by atoms with E-state index in [0.29, 0.717) is 13.0 Å². The first-order chi connectivity index (χ1) is 11.1. The number of benzene rings is 1. The van der Waals surface area contributed by atoms with E-state index in [9.17, 15) is 14.0 Å². The van der Waals surface area contributed by atoms with Gasteiger partial charge in [0.15, 0.2) is 0 Å². The number of halogens is 1. The maximum absolute atomic E-state index is 12.8. The molecular formula is C18H19FN2O2. The van der Waals surface area contributed by atoms with Crippen LogP contribution in [0.25, 0.3) is 0 Å². The van der Waals surface area contributed by atoms with Crippen LogP contribution in [-0.2, 0) is 19.3 Å². The van der Waals surface area contributed by atoms with Gasteiger partial charge in [0.05, 0.1) is 0 Å². The molecule has 1 aliphatic carbocycles. The standard InChI is InChI=1S/C18H19FN2O2/c19-14-7-5-12(6-8-14)9-10-20-17(22)15-11-13-3-1-2-4-16(13)21-18(15)23/h5-8,11H,1-4,9-10H2,(H,20,22)(H,21,23). The van der Waals surface area contributed by atoms with Crippen LogP contribution in [0, 0.1) is 5.82 Å². The summed E-state index contributed by atoms with van der Waals surface area (Å²) >= 11 is 0. The molecule has 0 spiro atoms. The molecule has 4 nitrogen and oxygen atoms in total. The highest BCUT2D eigenvalue weighted by atomic mass is 19.1. The molecule has 1 aromatic heterocycles. The van der Waals surface area contributed by atoms with Gasteiger partial charge in [0, 0.05) is 12.2 Å². The number of hydrogen-bond acceptors (Lipinski definition) is 2. The maximum Gasteiger partial charge on any atom is 0.261 e. The van der Waals surface area contributed by atoms with Gasteiger partial charge < -0.3 is 10.3 Å². The Bertz CT molecular complexity index is 766. The van der Waals surface area contributed by atoms with E-state index in [4.69, 9.17) is 0 Å². The lowest BCUT2D eigenvalue weighted by Crippen LogP contribution is -2.32. The zero-order valence-corrected chi connectivity index (χ0v) is 12.8. The van der Waals surface area contributed by atoms with Gasteiger partial charge in [-0.05, 0) is 61.4 Å². The van der Waals surface area contributed by atoms with E-state index in [2.05, 4.69) is 10.3 Å². The maximum atomic E-state index is 12.8. The lowest BCUT2D eigenvalue weighted by atomic mass is 9.95. The molecule has 120 valence electrons. The van der Waals surface area contributed by atoms with Gasteiger partial charge in [0.2, 0.25) is 0 Å². The van der Waals surface area contributed by atoms with Crippen molar-refractivity contribution in [1.29, 1.82) is 0 Å². The molecule has 0 aliphatic heterocycles. The number of carbonyl (C=O) groups excluding carboxylic acids is 1. The first kappa shape index (κ1) is 15.5. The number of aromatic nitrogens is 1. The fourth-order valence-electron chi connectivity index (χ4n) is 2.91. The molecular weight excluding hydrogens is 295 g/mol. The van der Waals surface area contributed by atoms with Crippen LogP contribution >= 0.6 is 0 Å². The van der Waals surface area contributed by atoms with Crippen LogP contribution in [0.15, 0.2) is 35.1 Å². The molecule has 1 aromatic carbocycles. The van der Waals surface area contributed by atoms with E-state index >= 15 is 0 Å². The zero-order valence-electron chi connectivity index (χ0n) is 12.8. The molecule has 0 bridgehead atoms. The van der Waals surface area contributed by atoms with Crippen LogP contribution in [0.2, 0.25) is 0 Å². The molecule has 0 atom stereocenters. The topological polar surface area (TPSA) is 62.0 Å². The number of rotatable bonds is 4. The van der Waals surface area contributed by atoms with Gasteiger partial charge in [-0.2, -0.15) is 0 Å². The molecule has 1 aliphatic rings. The smallest absolute Gasteiger partial charge is 0.261 e. The number of hydrogen-bond donors (Lipinski definition) is 2. The summed E-state index contributed by atoms with van der Waals surface area (Å²) in [5, 5.41) is 2.76. The minimum Gasteiger partial charge on any atom is -0.352 e. The van der Waals surface area contributed by atoms with E-state index in [0.717, 1.165) is 42.5 Å². The predicted molar refractivity (Wildman–Crippen MR) is 86.1 cm³/mol. The fourth-order valence-corrected chi connectivity index (χ4v) is 2.91. The third kappa shape index (κ3) is 3.67. The average molecular weight is 314 g/mol. The third-order valence-corrected chi connectivity index (χ3v) is 4.20. The van der Waals surface area contributed by atoms with Crippen molar-refractivity contribution >= 4 is 5.91 Å². The molecule has 23 heavy (non-hydrogen) atoms. The van der Waals surface area contributed by atoms with Crippen LogP contribution in [-0.4, -0.2) is 17.4 Å². The van der Waals surface area contributed by atoms with Crippen LogP contribution in [0.1, 0.15) is 40.0 Å². The summed E-state index contributed by atoms with van der Waals surface area (Å²) in [6.45, 7) is 0.404. The number of carbonyl (C=O) groups is 1. The van der Waals surface area contributed by atoms with Crippen LogP contribution in [0.4, 0.5) is 4.39 Å². The van der Waals surface area contributed by atoms with Crippen LogP contribution in [0.3, 0.4) is 0 Å². The second-order valence-electron chi connectivity index (χ2n) is 5.86. The summed E-state index contributed by atoms with van der Waals surface area (Å²) in [4.78, 5) is 27.1. The van der Waals surface area contributed by atoms with E-state index in [-0.39, 0.29) is 22.8 Å². The van der Waals surface area contributed by atoms with Crippen molar-refractivity contribution in [1.82, 2.24) is 10.3 Å². The molecule has 1 amide bonds. The van der Waals surface area contributed by atoms with Crippen molar-refractivity contribution in [2.24, 2.45) is 0 Å². The minimum absolute atomic E-state index is 0.171. The molecule has 0 saturated carbocycles. The number of aryl methyl sites for hydroxylation is 2. The lowest BCUT2D eigenvalue weighted by molar-refractivity contribution is 0.0952. The third-order valence-electron chi connectivity index (χ3n) is 4.20. The molecule has 1 heterocycles. The van der Waals surface area contributed by atoms with Gasteiger partial charge >= 0.3 is 0 Å². The van der Waals surface area contributed by atoms with Gasteiger partial charge in [-0.3, -0.25) is 9.59 Å². The Morgan fingerprint density at radius 1 is 1.17 bits per heavy atom. The quantitative estimate of drug-likeness (QED) is 0.910. The van der Waals surface area contributed by atoms with Gasteiger partial charge in [-0.1, -0.05) is 12.1 Å². The van der Waals surface area contributed by atoms with Gasteiger partial charge in [-0.15, -0.1) is 0 Å². The van der Waals surface area contributed by atoms with Crippen molar-refractivity contribution in [3.63, 3.8) is 0 Å². The van der Waals surface area contributed by atoms with Crippen molar-refractivity contribution < 1.29 is 9.18 Å². The largest absolute Gasteiger partial charge is 0.352 e. The predicted octanol–water partition coefficient (Wildman–Crippen LogP) is 2.37. The molecule has 0 fully saturated rings. The van der Waals surface area contributed by atoms with Gasteiger partial charge in [-0.25, -0.2) is 4.39 Å². The summed E-state index contributed by atoms with van der Waals surface area (Å²) < 4.78 is 12.8. The highest BCUT2D eigenvalue weighted by Gasteiger charge is 2.16. The number of fused-ring (bicyclic) bond motifs is 1. The van der Waals surface area contributed by atoms with Gasteiger partial charge in [0.1, 0.15) is 11.4 Å². The monoisotopic (exact) mass is 314 g/mol. The highest BCUT2D eigenvalue weighted by Crippen LogP contribution is 2.18. The first-order valence-corrected chi connectivity index (χ1v) is 7.91. The fraction of sp³-hybridized carbons (Fsp3) is 0.333. The Balaban J connectivity index is 1.64. The highest BCUT2D eigenvalue weighted by molar-refractivity contribution is 5.94. The summed E-state index contributed by atoms with van der Waals surface area (Å²) in [5.41, 5.74) is 2.81. The van der Waals surface area contributed by atoms with Crippen molar-refractivity contribution in [2.75, 3.05) is 6.54 Å². The number of aromatic amines is 1. The molecule has 3 rings (SSSR count). The Hall–Kier alpha value is -2.43. The summed E-state index contributed by atoms with van der Waals surface area (Å²) in [6, 6.07) is 7.89. The second kappa shape index (κ2) is 6.77. The molecule has 2 aromatic rings. The van der Waals surface area contributed by atoms with E-state index < -0.39 is 0 Å². The second-order valence-corrected chi connectivity index (χ2v) is 5.86. The molecule has 0 radical (unpaired) electrons. The summed E-state index contributed by atoms with van der Waals surface area (Å²) in [5.74, 6) is -0.639. The van der Waals surface area contributed by atoms with E-state index in [1.165, 1.54) is 12.1 Å². The molecule has 5 heteroatoms. The average Bonchev–Trinajstić information content (AvgIpc) is 2.56. The number of H-pyrrole nitrogens is 1. The van der Waals surface area contributed by atoms with Crippen molar-refractivity contribution in [2.45, 2.75) is 32.1 Å². The van der Waals surface area contributed by atoms with Crippen molar-refractivity contribution in [3.05, 3.63) is 68.9 Å². The van der Waals surface area contributed by atoms with E-state index in [1.54, 1.807) is 18.2 Å². The Labute approximate surface area is 133 Å². The normalized spacial score (nSPS) is 13.4. The van der Waals surface area contributed by atoms with Gasteiger partial charge in [0.25, 0.3) is 11.5 Å². The number of nitrogens with one attached hydrogen (secondary N) is 2. The SMILES string of the molecule is O=C(NCCc1ccc(F)cc1)c1cc2c([nH]c1=O)CCCC2. The summed E-state index contributed by atoms with van der Waals surface area (Å²) in [6.07, 6.45) is 4.53. The molecule has 0 saturated heterocycles. The minimum atomic E-state index is -0.360. The number of pyridine rings is 1. The zero-order chi connectivity index (χ0) is 16.2. The first-order valence-electron chi connectivity index (χ1n) is 7.91. The molecule has 0 unspecified atom stereocenters. The Morgan fingerprint density at radius 3 is 2.70 bits per heavy atom. The van der Waals surface area contributed by atoms with Crippen molar-refractivity contribution in [3.8, 4) is 0 Å².